The van der Waals surface area contributed by atoms with Crippen LogP contribution in [0.1, 0.15) is 29.8 Å². The van der Waals surface area contributed by atoms with Gasteiger partial charge >= 0.3 is 6.03 Å². The molecule has 0 bridgehead atoms. The van der Waals surface area contributed by atoms with Crippen LogP contribution in [0, 0.1) is 6.92 Å². The summed E-state index contributed by atoms with van der Waals surface area (Å²) in [6.07, 6.45) is 0. The van der Waals surface area contributed by atoms with Crippen LogP contribution in [-0.2, 0) is 0 Å². The second-order valence-corrected chi connectivity index (χ2v) is 5.70. The van der Waals surface area contributed by atoms with Gasteiger partial charge < -0.3 is 15.1 Å². The number of benzene rings is 1. The smallest absolute Gasteiger partial charge is 0.317 e. The molecule has 1 aromatic carbocycles. The lowest BCUT2D eigenvalue weighted by Crippen LogP contribution is -2.54. The number of carbonyl (C=O) groups excluding carboxylic acids is 2. The van der Waals surface area contributed by atoms with E-state index in [1.165, 1.54) is 0 Å². The number of aryl methyl sites for hydroxylation is 1. The Labute approximate surface area is 125 Å². The third-order valence-corrected chi connectivity index (χ3v) is 3.64. The van der Waals surface area contributed by atoms with Crippen LogP contribution in [0.4, 0.5) is 4.79 Å². The molecule has 0 aliphatic carbocycles. The SMILES string of the molecule is Cc1ccccc1C(=O)N1CCN(C(=O)NC(C)C)CC1. The molecule has 1 fully saturated rings. The summed E-state index contributed by atoms with van der Waals surface area (Å²) in [5.74, 6) is 0.0528. The summed E-state index contributed by atoms with van der Waals surface area (Å²) < 4.78 is 0. The summed E-state index contributed by atoms with van der Waals surface area (Å²) >= 11 is 0. The van der Waals surface area contributed by atoms with E-state index in [1.54, 1.807) is 4.90 Å². The first kappa shape index (κ1) is 15.4. The summed E-state index contributed by atoms with van der Waals surface area (Å²) in [7, 11) is 0. The summed E-state index contributed by atoms with van der Waals surface area (Å²) in [6.45, 7) is 8.15. The highest BCUT2D eigenvalue weighted by Crippen LogP contribution is 2.12. The molecule has 0 aromatic heterocycles. The molecule has 114 valence electrons. The predicted octanol–water partition coefficient (Wildman–Crippen LogP) is 1.87. The monoisotopic (exact) mass is 289 g/mol. The molecule has 1 heterocycles. The minimum atomic E-state index is -0.0482. The first-order chi connectivity index (χ1) is 9.99. The predicted molar refractivity (Wildman–Crippen MR) is 82.3 cm³/mol. The van der Waals surface area contributed by atoms with Gasteiger partial charge in [-0.3, -0.25) is 4.79 Å². The molecular formula is C16H23N3O2. The first-order valence-electron chi connectivity index (χ1n) is 7.39. The van der Waals surface area contributed by atoms with E-state index in [4.69, 9.17) is 0 Å². The largest absolute Gasteiger partial charge is 0.336 e. The number of nitrogens with one attached hydrogen (secondary N) is 1. The van der Waals surface area contributed by atoms with E-state index < -0.39 is 0 Å². The molecule has 21 heavy (non-hydrogen) atoms. The van der Waals surface area contributed by atoms with Gasteiger partial charge in [0, 0.05) is 37.8 Å². The number of nitrogens with zero attached hydrogens (tertiary/aromatic N) is 2. The van der Waals surface area contributed by atoms with Crippen LogP contribution in [0.3, 0.4) is 0 Å². The highest BCUT2D eigenvalue weighted by atomic mass is 16.2. The fraction of sp³-hybridized carbons (Fsp3) is 0.500. The minimum absolute atomic E-state index is 0.0482. The molecule has 2 rings (SSSR count). The number of carbonyl (C=O) groups is 2. The van der Waals surface area contributed by atoms with Crippen molar-refractivity contribution in [3.63, 3.8) is 0 Å². The van der Waals surface area contributed by atoms with Gasteiger partial charge in [-0.1, -0.05) is 18.2 Å². The second-order valence-electron chi connectivity index (χ2n) is 5.70. The van der Waals surface area contributed by atoms with Crippen LogP contribution in [0.15, 0.2) is 24.3 Å². The highest BCUT2D eigenvalue weighted by Gasteiger charge is 2.25. The molecule has 0 unspecified atom stereocenters. The van der Waals surface area contributed by atoms with E-state index in [2.05, 4.69) is 5.32 Å². The van der Waals surface area contributed by atoms with Crippen LogP contribution in [0.5, 0.6) is 0 Å². The summed E-state index contributed by atoms with van der Waals surface area (Å²) in [6, 6.07) is 7.69. The molecule has 1 saturated heterocycles. The van der Waals surface area contributed by atoms with Gasteiger partial charge in [-0.2, -0.15) is 0 Å². The van der Waals surface area contributed by atoms with Crippen molar-refractivity contribution < 1.29 is 9.59 Å². The van der Waals surface area contributed by atoms with Crippen LogP contribution < -0.4 is 5.32 Å². The molecule has 3 amide bonds. The summed E-state index contributed by atoms with van der Waals surface area (Å²) in [4.78, 5) is 28.0. The molecule has 5 heteroatoms. The van der Waals surface area contributed by atoms with Gasteiger partial charge in [0.05, 0.1) is 0 Å². The zero-order valence-electron chi connectivity index (χ0n) is 12.9. The van der Waals surface area contributed by atoms with E-state index in [0.717, 1.165) is 11.1 Å². The molecule has 1 N–H and O–H groups in total. The van der Waals surface area contributed by atoms with Gasteiger partial charge in [-0.05, 0) is 32.4 Å². The standard InChI is InChI=1S/C16H23N3O2/c1-12(2)17-16(21)19-10-8-18(9-11-19)15(20)14-7-5-4-6-13(14)3/h4-7,12H,8-11H2,1-3H3,(H,17,21). The Balaban J connectivity index is 1.94. The Hall–Kier alpha value is -2.04. The number of urea groups is 1. The molecule has 0 atom stereocenters. The van der Waals surface area contributed by atoms with Gasteiger partial charge in [-0.15, -0.1) is 0 Å². The van der Waals surface area contributed by atoms with Crippen LogP contribution in [-0.4, -0.2) is 54.0 Å². The molecule has 1 aliphatic heterocycles. The molecular weight excluding hydrogens is 266 g/mol. The van der Waals surface area contributed by atoms with Gasteiger partial charge in [0.15, 0.2) is 0 Å². The number of amides is 3. The fourth-order valence-corrected chi connectivity index (χ4v) is 2.43. The van der Waals surface area contributed by atoms with Crippen LogP contribution >= 0.6 is 0 Å². The van der Waals surface area contributed by atoms with Crippen molar-refractivity contribution in [2.45, 2.75) is 26.8 Å². The van der Waals surface area contributed by atoms with Crippen molar-refractivity contribution in [3.8, 4) is 0 Å². The van der Waals surface area contributed by atoms with Crippen molar-refractivity contribution in [2.75, 3.05) is 26.2 Å². The Morgan fingerprint density at radius 2 is 1.62 bits per heavy atom. The maximum atomic E-state index is 12.5. The van der Waals surface area contributed by atoms with Crippen molar-refractivity contribution in [2.24, 2.45) is 0 Å². The lowest BCUT2D eigenvalue weighted by atomic mass is 10.1. The first-order valence-corrected chi connectivity index (χ1v) is 7.39. The zero-order chi connectivity index (χ0) is 15.4. The van der Waals surface area contributed by atoms with Crippen LogP contribution in [0.2, 0.25) is 0 Å². The van der Waals surface area contributed by atoms with Crippen molar-refractivity contribution >= 4 is 11.9 Å². The van der Waals surface area contributed by atoms with E-state index >= 15 is 0 Å². The number of rotatable bonds is 2. The lowest BCUT2D eigenvalue weighted by Gasteiger charge is -2.35. The molecule has 1 aromatic rings. The van der Waals surface area contributed by atoms with Crippen LogP contribution in [0.25, 0.3) is 0 Å². The minimum Gasteiger partial charge on any atom is -0.336 e. The van der Waals surface area contributed by atoms with E-state index in [-0.39, 0.29) is 18.0 Å². The quantitative estimate of drug-likeness (QED) is 0.903. The molecule has 1 aliphatic rings. The zero-order valence-corrected chi connectivity index (χ0v) is 12.9. The maximum Gasteiger partial charge on any atom is 0.317 e. The van der Waals surface area contributed by atoms with E-state index in [1.807, 2.05) is 49.9 Å². The number of hydrogen-bond acceptors (Lipinski definition) is 2. The van der Waals surface area contributed by atoms with Gasteiger partial charge in [0.2, 0.25) is 0 Å². The highest BCUT2D eigenvalue weighted by molar-refractivity contribution is 5.95. The summed E-state index contributed by atoms with van der Waals surface area (Å²) in [5.41, 5.74) is 1.74. The third-order valence-electron chi connectivity index (χ3n) is 3.64. The maximum absolute atomic E-state index is 12.5. The lowest BCUT2D eigenvalue weighted by molar-refractivity contribution is 0.0663. The van der Waals surface area contributed by atoms with Gasteiger partial charge in [-0.25, -0.2) is 4.79 Å². The van der Waals surface area contributed by atoms with Crippen molar-refractivity contribution in [1.82, 2.24) is 15.1 Å². The Morgan fingerprint density at radius 3 is 2.19 bits per heavy atom. The molecule has 5 nitrogen and oxygen atoms in total. The third kappa shape index (κ3) is 3.74. The van der Waals surface area contributed by atoms with Crippen molar-refractivity contribution in [1.29, 1.82) is 0 Å². The average Bonchev–Trinajstić information content (AvgIpc) is 2.46. The normalized spacial score (nSPS) is 15.2. The Kier molecular flexibility index (Phi) is 4.83. The Bertz CT molecular complexity index is 520. The molecule has 0 spiro atoms. The van der Waals surface area contributed by atoms with Crippen molar-refractivity contribution in [3.05, 3.63) is 35.4 Å². The van der Waals surface area contributed by atoms with Gasteiger partial charge in [0.25, 0.3) is 5.91 Å². The van der Waals surface area contributed by atoms with E-state index in [0.29, 0.717) is 26.2 Å². The fourth-order valence-electron chi connectivity index (χ4n) is 2.43. The molecule has 0 radical (unpaired) electrons. The van der Waals surface area contributed by atoms with Gasteiger partial charge in [0.1, 0.15) is 0 Å². The Morgan fingerprint density at radius 1 is 1.05 bits per heavy atom. The second kappa shape index (κ2) is 6.61. The van der Waals surface area contributed by atoms with E-state index in [9.17, 15) is 9.59 Å². The number of piperazine rings is 1. The summed E-state index contributed by atoms with van der Waals surface area (Å²) in [5, 5.41) is 2.88. The topological polar surface area (TPSA) is 52.7 Å². The average molecular weight is 289 g/mol. The number of hydrogen-bond donors (Lipinski definition) is 1. The molecule has 0 saturated carbocycles.